The van der Waals surface area contributed by atoms with Crippen molar-refractivity contribution in [3.8, 4) is 17.0 Å². The second-order valence-corrected chi connectivity index (χ2v) is 5.22. The summed E-state index contributed by atoms with van der Waals surface area (Å²) in [4.78, 5) is 7.26. The van der Waals surface area contributed by atoms with Gasteiger partial charge in [0.05, 0.1) is 19.1 Å². The van der Waals surface area contributed by atoms with Crippen LogP contribution >= 0.6 is 12.2 Å². The predicted molar refractivity (Wildman–Crippen MR) is 78.0 cm³/mol. The minimum absolute atomic E-state index is 0.500. The summed E-state index contributed by atoms with van der Waals surface area (Å²) in [5, 5.41) is 0. The number of nitrogens with zero attached hydrogens (tertiary/aromatic N) is 1. The number of hydrogen-bond acceptors (Lipinski definition) is 3. The monoisotopic (exact) mass is 272 g/mol. The predicted octanol–water partition coefficient (Wildman–Crippen LogP) is 4.08. The van der Waals surface area contributed by atoms with Gasteiger partial charge in [0.25, 0.3) is 0 Å². The van der Waals surface area contributed by atoms with E-state index in [1.807, 2.05) is 6.07 Å². The molecule has 0 atom stereocenters. The molecule has 3 nitrogen and oxygen atoms in total. The SMILES string of the molecule is COc1c(-c2ccccc2C2CCC2)[nH]cnc1=S. The molecule has 1 aliphatic rings. The second-order valence-electron chi connectivity index (χ2n) is 4.83. The van der Waals surface area contributed by atoms with E-state index in [4.69, 9.17) is 17.0 Å². The van der Waals surface area contributed by atoms with Gasteiger partial charge in [-0.15, -0.1) is 0 Å². The molecule has 1 saturated carbocycles. The molecule has 0 saturated heterocycles. The van der Waals surface area contributed by atoms with Gasteiger partial charge in [-0.2, -0.15) is 0 Å². The van der Waals surface area contributed by atoms with Gasteiger partial charge in [-0.25, -0.2) is 4.98 Å². The summed E-state index contributed by atoms with van der Waals surface area (Å²) < 4.78 is 5.92. The third-order valence-electron chi connectivity index (χ3n) is 3.79. The molecule has 2 aromatic rings. The zero-order valence-electron chi connectivity index (χ0n) is 10.8. The number of nitrogens with one attached hydrogen (secondary N) is 1. The maximum Gasteiger partial charge on any atom is 0.179 e. The third-order valence-corrected chi connectivity index (χ3v) is 4.08. The van der Waals surface area contributed by atoms with E-state index in [2.05, 4.69) is 28.2 Å². The van der Waals surface area contributed by atoms with Crippen LogP contribution in [0.15, 0.2) is 30.6 Å². The lowest BCUT2D eigenvalue weighted by molar-refractivity contribution is 0.409. The molecule has 0 spiro atoms. The lowest BCUT2D eigenvalue weighted by Crippen LogP contribution is -2.10. The molecule has 0 radical (unpaired) electrons. The van der Waals surface area contributed by atoms with Crippen molar-refractivity contribution in [3.05, 3.63) is 40.8 Å². The smallest absolute Gasteiger partial charge is 0.179 e. The van der Waals surface area contributed by atoms with Crippen molar-refractivity contribution in [1.29, 1.82) is 0 Å². The molecule has 1 N–H and O–H groups in total. The molecule has 0 amide bonds. The van der Waals surface area contributed by atoms with Gasteiger partial charge >= 0.3 is 0 Å². The third kappa shape index (κ3) is 2.16. The molecule has 1 fully saturated rings. The van der Waals surface area contributed by atoms with E-state index in [1.165, 1.54) is 30.4 Å². The summed E-state index contributed by atoms with van der Waals surface area (Å²) in [6.45, 7) is 0. The highest BCUT2D eigenvalue weighted by molar-refractivity contribution is 7.71. The number of aromatic nitrogens is 2. The average molecular weight is 272 g/mol. The van der Waals surface area contributed by atoms with Crippen LogP contribution < -0.4 is 4.74 Å². The Kier molecular flexibility index (Phi) is 3.34. The first-order valence-corrected chi connectivity index (χ1v) is 6.93. The molecule has 0 aliphatic heterocycles. The number of H-pyrrole nitrogens is 1. The zero-order chi connectivity index (χ0) is 13.2. The summed E-state index contributed by atoms with van der Waals surface area (Å²) in [5.74, 6) is 1.32. The summed E-state index contributed by atoms with van der Waals surface area (Å²) in [7, 11) is 1.64. The lowest BCUT2D eigenvalue weighted by Gasteiger charge is -2.28. The van der Waals surface area contributed by atoms with Gasteiger partial charge in [-0.1, -0.05) is 42.9 Å². The van der Waals surface area contributed by atoms with Gasteiger partial charge < -0.3 is 9.72 Å². The number of methoxy groups -OCH3 is 1. The van der Waals surface area contributed by atoms with Crippen LogP contribution in [0.4, 0.5) is 0 Å². The number of aromatic amines is 1. The Balaban J connectivity index is 2.17. The molecule has 1 aliphatic carbocycles. The standard InChI is InChI=1S/C15H16N2OS/c1-18-14-13(16-9-17-15(14)19)12-8-3-2-7-11(12)10-5-4-6-10/h2-3,7-10H,4-6H2,1H3,(H,16,17,19). The first-order valence-electron chi connectivity index (χ1n) is 6.52. The van der Waals surface area contributed by atoms with E-state index in [0.29, 0.717) is 16.3 Å². The van der Waals surface area contributed by atoms with E-state index in [0.717, 1.165) is 5.69 Å². The maximum atomic E-state index is 5.42. The Morgan fingerprint density at radius 2 is 2.11 bits per heavy atom. The van der Waals surface area contributed by atoms with Crippen molar-refractivity contribution < 1.29 is 4.74 Å². The molecule has 19 heavy (non-hydrogen) atoms. The molecule has 3 rings (SSSR count). The lowest BCUT2D eigenvalue weighted by atomic mass is 9.78. The Bertz CT molecular complexity index is 647. The normalized spacial score (nSPS) is 15.0. The van der Waals surface area contributed by atoms with Gasteiger partial charge in [0, 0.05) is 5.56 Å². The number of hydrogen-bond donors (Lipinski definition) is 1. The van der Waals surface area contributed by atoms with Crippen molar-refractivity contribution in [1.82, 2.24) is 9.97 Å². The summed E-state index contributed by atoms with van der Waals surface area (Å²) in [6, 6.07) is 8.47. The number of benzene rings is 1. The fourth-order valence-corrected chi connectivity index (χ4v) is 2.81. The summed E-state index contributed by atoms with van der Waals surface area (Å²) >= 11 is 5.23. The quantitative estimate of drug-likeness (QED) is 0.855. The molecule has 1 aromatic heterocycles. The van der Waals surface area contributed by atoms with E-state index in [-0.39, 0.29) is 0 Å². The van der Waals surface area contributed by atoms with E-state index >= 15 is 0 Å². The van der Waals surface area contributed by atoms with Crippen LogP contribution in [0, 0.1) is 4.64 Å². The molecule has 98 valence electrons. The maximum absolute atomic E-state index is 5.42. The van der Waals surface area contributed by atoms with E-state index < -0.39 is 0 Å². The van der Waals surface area contributed by atoms with E-state index in [1.54, 1.807) is 13.4 Å². The minimum Gasteiger partial charge on any atom is -0.491 e. The van der Waals surface area contributed by atoms with Crippen LogP contribution in [-0.4, -0.2) is 17.1 Å². The second kappa shape index (κ2) is 5.13. The van der Waals surface area contributed by atoms with Crippen molar-refractivity contribution in [2.24, 2.45) is 0 Å². The highest BCUT2D eigenvalue weighted by Gasteiger charge is 2.23. The van der Waals surface area contributed by atoms with Crippen LogP contribution in [0.2, 0.25) is 0 Å². The van der Waals surface area contributed by atoms with Gasteiger partial charge in [0.2, 0.25) is 0 Å². The van der Waals surface area contributed by atoms with Crippen LogP contribution in [0.1, 0.15) is 30.7 Å². The summed E-state index contributed by atoms with van der Waals surface area (Å²) in [5.41, 5.74) is 3.49. The number of ether oxygens (including phenoxy) is 1. The molecule has 1 heterocycles. The molecular formula is C15H16N2OS. The fourth-order valence-electron chi connectivity index (χ4n) is 2.58. The Morgan fingerprint density at radius 1 is 1.32 bits per heavy atom. The van der Waals surface area contributed by atoms with Crippen LogP contribution in [0.3, 0.4) is 0 Å². The number of rotatable bonds is 3. The molecule has 1 aromatic carbocycles. The Morgan fingerprint density at radius 3 is 2.79 bits per heavy atom. The molecular weight excluding hydrogens is 256 g/mol. The largest absolute Gasteiger partial charge is 0.491 e. The van der Waals surface area contributed by atoms with Gasteiger partial charge in [0.15, 0.2) is 10.4 Å². The fraction of sp³-hybridized carbons (Fsp3) is 0.333. The zero-order valence-corrected chi connectivity index (χ0v) is 11.7. The average Bonchev–Trinajstić information content (AvgIpc) is 2.37. The Hall–Kier alpha value is -1.68. The van der Waals surface area contributed by atoms with Crippen LogP contribution in [-0.2, 0) is 0 Å². The van der Waals surface area contributed by atoms with Gasteiger partial charge in [0.1, 0.15) is 0 Å². The first-order chi connectivity index (χ1) is 9.31. The molecule has 4 heteroatoms. The highest BCUT2D eigenvalue weighted by Crippen LogP contribution is 2.42. The topological polar surface area (TPSA) is 37.9 Å². The first kappa shape index (κ1) is 12.4. The Labute approximate surface area is 117 Å². The highest BCUT2D eigenvalue weighted by atomic mass is 32.1. The van der Waals surface area contributed by atoms with Crippen LogP contribution in [0.25, 0.3) is 11.3 Å². The van der Waals surface area contributed by atoms with Crippen LogP contribution in [0.5, 0.6) is 5.75 Å². The molecule has 0 unspecified atom stereocenters. The minimum atomic E-state index is 0.500. The van der Waals surface area contributed by atoms with Gasteiger partial charge in [-0.05, 0) is 24.3 Å². The van der Waals surface area contributed by atoms with Crippen molar-refractivity contribution in [2.45, 2.75) is 25.2 Å². The van der Waals surface area contributed by atoms with Crippen molar-refractivity contribution in [3.63, 3.8) is 0 Å². The van der Waals surface area contributed by atoms with Gasteiger partial charge in [-0.3, -0.25) is 0 Å². The van der Waals surface area contributed by atoms with Crippen molar-refractivity contribution in [2.75, 3.05) is 7.11 Å². The van der Waals surface area contributed by atoms with Crippen molar-refractivity contribution >= 4 is 12.2 Å². The summed E-state index contributed by atoms with van der Waals surface area (Å²) in [6.07, 6.45) is 5.50. The molecule has 0 bridgehead atoms. The van der Waals surface area contributed by atoms with E-state index in [9.17, 15) is 0 Å².